The smallest absolute Gasteiger partial charge is 0.228 e. The third-order valence-corrected chi connectivity index (χ3v) is 6.74. The third-order valence-electron chi connectivity index (χ3n) is 6.74. The van der Waals surface area contributed by atoms with E-state index in [4.69, 9.17) is 5.26 Å². The summed E-state index contributed by atoms with van der Waals surface area (Å²) in [4.78, 5) is 27.6. The average molecular weight is 407 g/mol. The standard InChI is InChI=1S/C23H30N6O/c1-16(2)7-9-23(22(30)26-10-8-18-14-25-15-28-18)11-19-4-5-20(23)29(19)21-6-3-17(12-24)13-27-21/h3,6,13-16,19-20H,4-5,7-11H2,1-2H3,(H,25,28)(H,26,30)/t19-,20+,23+/m1/s1. The molecule has 2 saturated heterocycles. The van der Waals surface area contributed by atoms with Gasteiger partial charge in [-0.05, 0) is 50.2 Å². The summed E-state index contributed by atoms with van der Waals surface area (Å²) in [5.41, 5.74) is 1.22. The number of rotatable bonds is 8. The number of anilines is 1. The van der Waals surface area contributed by atoms with Gasteiger partial charge in [-0.25, -0.2) is 9.97 Å². The van der Waals surface area contributed by atoms with E-state index in [1.807, 2.05) is 12.1 Å². The van der Waals surface area contributed by atoms with Gasteiger partial charge in [0.25, 0.3) is 0 Å². The van der Waals surface area contributed by atoms with Crippen LogP contribution < -0.4 is 10.2 Å². The third kappa shape index (κ3) is 3.79. The van der Waals surface area contributed by atoms with Crippen molar-refractivity contribution < 1.29 is 4.79 Å². The highest BCUT2D eigenvalue weighted by Crippen LogP contribution is 2.54. The number of amides is 1. The summed E-state index contributed by atoms with van der Waals surface area (Å²) >= 11 is 0. The van der Waals surface area contributed by atoms with Gasteiger partial charge in [-0.3, -0.25) is 4.79 Å². The zero-order chi connectivity index (χ0) is 21.1. The van der Waals surface area contributed by atoms with Gasteiger partial charge in [0.2, 0.25) is 5.91 Å². The van der Waals surface area contributed by atoms with Crippen LogP contribution in [0.4, 0.5) is 5.82 Å². The number of carbonyl (C=O) groups excluding carboxylic acids is 1. The summed E-state index contributed by atoms with van der Waals surface area (Å²) < 4.78 is 0. The Bertz CT molecular complexity index is 901. The number of carbonyl (C=O) groups is 1. The molecular formula is C23H30N6O. The van der Waals surface area contributed by atoms with Gasteiger partial charge in [-0.2, -0.15) is 5.26 Å². The molecule has 2 aliphatic heterocycles. The molecule has 3 atom stereocenters. The van der Waals surface area contributed by atoms with Crippen molar-refractivity contribution in [1.29, 1.82) is 5.26 Å². The Labute approximate surface area is 177 Å². The highest BCUT2D eigenvalue weighted by Gasteiger charge is 2.59. The number of hydrogen-bond donors (Lipinski definition) is 2. The molecule has 2 fully saturated rings. The van der Waals surface area contributed by atoms with Gasteiger partial charge < -0.3 is 15.2 Å². The van der Waals surface area contributed by atoms with E-state index in [1.165, 1.54) is 0 Å². The first-order chi connectivity index (χ1) is 14.5. The number of nitrogens with zero attached hydrogens (tertiary/aromatic N) is 4. The first-order valence-corrected chi connectivity index (χ1v) is 10.9. The van der Waals surface area contributed by atoms with Crippen molar-refractivity contribution in [2.24, 2.45) is 11.3 Å². The first-order valence-electron chi connectivity index (χ1n) is 10.9. The van der Waals surface area contributed by atoms with E-state index in [2.05, 4.69) is 45.1 Å². The molecule has 7 nitrogen and oxygen atoms in total. The molecule has 0 aromatic carbocycles. The Morgan fingerprint density at radius 1 is 1.40 bits per heavy atom. The van der Waals surface area contributed by atoms with Crippen molar-refractivity contribution >= 4 is 11.7 Å². The van der Waals surface area contributed by atoms with Crippen molar-refractivity contribution in [3.05, 3.63) is 42.1 Å². The molecule has 2 aliphatic rings. The number of hydrogen-bond acceptors (Lipinski definition) is 5. The minimum absolute atomic E-state index is 0.161. The highest BCUT2D eigenvalue weighted by atomic mass is 16.2. The second kappa shape index (κ2) is 8.47. The van der Waals surface area contributed by atoms with Crippen LogP contribution in [-0.2, 0) is 11.2 Å². The number of imidazole rings is 1. The zero-order valence-electron chi connectivity index (χ0n) is 17.8. The predicted octanol–water partition coefficient (Wildman–Crippen LogP) is 3.20. The molecule has 2 N–H and O–H groups in total. The summed E-state index contributed by atoms with van der Waals surface area (Å²) in [6.07, 6.45) is 10.8. The summed E-state index contributed by atoms with van der Waals surface area (Å²) in [5.74, 6) is 1.62. The van der Waals surface area contributed by atoms with Crippen molar-refractivity contribution in [2.75, 3.05) is 11.4 Å². The molecule has 4 rings (SSSR count). The van der Waals surface area contributed by atoms with E-state index in [9.17, 15) is 4.79 Å². The van der Waals surface area contributed by atoms with Crippen molar-refractivity contribution in [2.45, 2.75) is 64.5 Å². The van der Waals surface area contributed by atoms with E-state index >= 15 is 0 Å². The maximum Gasteiger partial charge on any atom is 0.228 e. The molecule has 2 bridgehead atoms. The Balaban J connectivity index is 1.53. The Hall–Kier alpha value is -2.88. The Morgan fingerprint density at radius 3 is 2.93 bits per heavy atom. The van der Waals surface area contributed by atoms with Crippen molar-refractivity contribution in [1.82, 2.24) is 20.3 Å². The second-order valence-corrected chi connectivity index (χ2v) is 9.05. The minimum atomic E-state index is -0.378. The van der Waals surface area contributed by atoms with Crippen LogP contribution in [0.1, 0.15) is 57.2 Å². The first kappa shape index (κ1) is 20.4. The van der Waals surface area contributed by atoms with E-state index < -0.39 is 0 Å². The van der Waals surface area contributed by atoms with Gasteiger partial charge in [0, 0.05) is 43.1 Å². The quantitative estimate of drug-likeness (QED) is 0.702. The number of nitriles is 1. The molecule has 30 heavy (non-hydrogen) atoms. The fraction of sp³-hybridized carbons (Fsp3) is 0.565. The summed E-state index contributed by atoms with van der Waals surface area (Å²) in [6, 6.07) is 6.38. The van der Waals surface area contributed by atoms with Crippen LogP contribution in [0.2, 0.25) is 0 Å². The molecule has 2 aromatic rings. The van der Waals surface area contributed by atoms with Crippen LogP contribution in [-0.4, -0.2) is 39.5 Å². The minimum Gasteiger partial charge on any atom is -0.355 e. The molecule has 0 spiro atoms. The predicted molar refractivity (Wildman–Crippen MR) is 115 cm³/mol. The van der Waals surface area contributed by atoms with Gasteiger partial charge in [0.1, 0.15) is 11.9 Å². The number of fused-ring (bicyclic) bond motifs is 2. The van der Waals surface area contributed by atoms with Crippen LogP contribution in [0.3, 0.4) is 0 Å². The normalized spacial score (nSPS) is 24.9. The van der Waals surface area contributed by atoms with Gasteiger partial charge in [0.05, 0.1) is 17.3 Å². The topological polar surface area (TPSA) is 97.7 Å². The summed E-state index contributed by atoms with van der Waals surface area (Å²) in [6.45, 7) is 5.05. The molecule has 0 aliphatic carbocycles. The van der Waals surface area contributed by atoms with Gasteiger partial charge >= 0.3 is 0 Å². The number of aromatic amines is 1. The maximum atomic E-state index is 13.5. The van der Waals surface area contributed by atoms with E-state index in [0.717, 1.165) is 50.0 Å². The number of pyridine rings is 1. The average Bonchev–Trinajstić information content (AvgIpc) is 3.48. The summed E-state index contributed by atoms with van der Waals surface area (Å²) in [5, 5.41) is 12.3. The van der Waals surface area contributed by atoms with Crippen LogP contribution in [0.25, 0.3) is 0 Å². The molecular weight excluding hydrogens is 376 g/mol. The van der Waals surface area contributed by atoms with Crippen LogP contribution >= 0.6 is 0 Å². The number of aromatic nitrogens is 3. The lowest BCUT2D eigenvalue weighted by Gasteiger charge is -2.37. The molecule has 1 amide bonds. The highest BCUT2D eigenvalue weighted by molar-refractivity contribution is 5.85. The van der Waals surface area contributed by atoms with Crippen LogP contribution in [0, 0.1) is 22.7 Å². The second-order valence-electron chi connectivity index (χ2n) is 9.05. The Kier molecular flexibility index (Phi) is 5.76. The van der Waals surface area contributed by atoms with Gasteiger partial charge in [0.15, 0.2) is 0 Å². The lowest BCUT2D eigenvalue weighted by Crippen LogP contribution is -2.50. The van der Waals surface area contributed by atoms with Gasteiger partial charge in [-0.15, -0.1) is 0 Å². The largest absolute Gasteiger partial charge is 0.355 e. The van der Waals surface area contributed by atoms with Crippen LogP contribution in [0.5, 0.6) is 0 Å². The van der Waals surface area contributed by atoms with E-state index in [-0.39, 0.29) is 17.4 Å². The monoisotopic (exact) mass is 406 g/mol. The van der Waals surface area contributed by atoms with E-state index in [0.29, 0.717) is 24.1 Å². The van der Waals surface area contributed by atoms with Crippen molar-refractivity contribution in [3.63, 3.8) is 0 Å². The number of nitrogens with one attached hydrogen (secondary N) is 2. The molecule has 0 saturated carbocycles. The molecule has 7 heteroatoms. The molecule has 4 heterocycles. The van der Waals surface area contributed by atoms with Gasteiger partial charge in [-0.1, -0.05) is 13.8 Å². The van der Waals surface area contributed by atoms with E-state index in [1.54, 1.807) is 18.7 Å². The Morgan fingerprint density at radius 2 is 2.27 bits per heavy atom. The fourth-order valence-electron chi connectivity index (χ4n) is 5.21. The maximum absolute atomic E-state index is 13.5. The zero-order valence-corrected chi connectivity index (χ0v) is 17.8. The SMILES string of the molecule is CC(C)CC[C@]1(C(=O)NCCc2cnc[nH]2)C[C@H]2CC[C@@H]1N2c1ccc(C#N)cn1. The fourth-order valence-corrected chi connectivity index (χ4v) is 5.21. The molecule has 158 valence electrons. The van der Waals surface area contributed by atoms with Crippen LogP contribution in [0.15, 0.2) is 30.9 Å². The lowest BCUT2D eigenvalue weighted by molar-refractivity contribution is -0.132. The summed E-state index contributed by atoms with van der Waals surface area (Å²) in [7, 11) is 0. The molecule has 2 aromatic heterocycles. The molecule has 0 unspecified atom stereocenters. The molecule has 0 radical (unpaired) electrons. The van der Waals surface area contributed by atoms with Crippen molar-refractivity contribution in [3.8, 4) is 6.07 Å². The number of H-pyrrole nitrogens is 1. The lowest BCUT2D eigenvalue weighted by atomic mass is 9.69.